The third kappa shape index (κ3) is 5.62. The molecule has 25 heavy (non-hydrogen) atoms. The number of aryl methyl sites for hydroxylation is 2. The lowest BCUT2D eigenvalue weighted by Gasteiger charge is -2.23. The Morgan fingerprint density at radius 3 is 2.44 bits per heavy atom. The minimum absolute atomic E-state index is 0.427. The Kier molecular flexibility index (Phi) is 7.04. The molecule has 0 fully saturated rings. The van der Waals surface area contributed by atoms with E-state index in [9.17, 15) is 0 Å². The van der Waals surface area contributed by atoms with Crippen LogP contribution in [0.3, 0.4) is 0 Å². The van der Waals surface area contributed by atoms with Gasteiger partial charge in [0.05, 0.1) is 5.69 Å². The first-order valence-electron chi connectivity index (χ1n) is 9.01. The summed E-state index contributed by atoms with van der Waals surface area (Å²) in [6.45, 7) is 12.5. The minimum atomic E-state index is 0.427. The first kappa shape index (κ1) is 19.0. The van der Waals surface area contributed by atoms with Gasteiger partial charge in [0.1, 0.15) is 12.3 Å². The highest BCUT2D eigenvalue weighted by Crippen LogP contribution is 2.23. The fraction of sp³-hybridized carbons (Fsp3) is 0.500. The summed E-state index contributed by atoms with van der Waals surface area (Å²) in [5.41, 5.74) is 2.27. The number of hydrogen-bond acceptors (Lipinski definition) is 3. The first-order valence-corrected chi connectivity index (χ1v) is 9.01. The highest BCUT2D eigenvalue weighted by molar-refractivity contribution is 5.79. The summed E-state index contributed by atoms with van der Waals surface area (Å²) in [7, 11) is 0. The van der Waals surface area contributed by atoms with Gasteiger partial charge < -0.3 is 15.1 Å². The predicted octanol–water partition coefficient (Wildman–Crippen LogP) is 3.79. The van der Waals surface area contributed by atoms with Crippen LogP contribution in [0, 0.1) is 19.8 Å². The number of rotatable bonds is 7. The van der Waals surface area contributed by atoms with E-state index in [1.807, 2.05) is 13.8 Å². The van der Waals surface area contributed by atoms with Crippen LogP contribution in [0.15, 0.2) is 39.7 Å². The number of nitrogens with zero attached hydrogens (tertiary/aromatic N) is 2. The molecule has 1 atom stereocenters. The number of guanidine groups is 1. The fourth-order valence-corrected chi connectivity index (χ4v) is 2.74. The van der Waals surface area contributed by atoms with Crippen molar-refractivity contribution in [2.24, 2.45) is 10.9 Å². The molecule has 0 amide bonds. The lowest BCUT2D eigenvalue weighted by atomic mass is 9.88. The van der Waals surface area contributed by atoms with Crippen molar-refractivity contribution < 1.29 is 4.42 Å². The molecule has 0 spiro atoms. The zero-order valence-electron chi connectivity index (χ0n) is 16.0. The molecule has 5 heteroatoms. The summed E-state index contributed by atoms with van der Waals surface area (Å²) in [6, 6.07) is 10.6. The first-order chi connectivity index (χ1) is 12.0. The monoisotopic (exact) mass is 342 g/mol. The summed E-state index contributed by atoms with van der Waals surface area (Å²) in [5, 5.41) is 6.75. The molecule has 0 aliphatic rings. The van der Waals surface area contributed by atoms with Crippen LogP contribution in [-0.2, 0) is 6.54 Å². The molecule has 0 bridgehead atoms. The van der Waals surface area contributed by atoms with Gasteiger partial charge in [-0.15, -0.1) is 0 Å². The van der Waals surface area contributed by atoms with Crippen LogP contribution in [0.2, 0.25) is 0 Å². The second-order valence-corrected chi connectivity index (χ2v) is 6.59. The van der Waals surface area contributed by atoms with Gasteiger partial charge in [-0.3, -0.25) is 0 Å². The molecule has 2 N–H and O–H groups in total. The number of oxazole rings is 1. The van der Waals surface area contributed by atoms with E-state index in [0.29, 0.717) is 24.3 Å². The van der Waals surface area contributed by atoms with Crippen LogP contribution < -0.4 is 10.6 Å². The van der Waals surface area contributed by atoms with Gasteiger partial charge in [0.25, 0.3) is 0 Å². The zero-order valence-corrected chi connectivity index (χ0v) is 16.0. The van der Waals surface area contributed by atoms with Crippen LogP contribution in [0.5, 0.6) is 0 Å². The summed E-state index contributed by atoms with van der Waals surface area (Å²) in [6.07, 6.45) is 0. The second kappa shape index (κ2) is 9.25. The Morgan fingerprint density at radius 2 is 1.88 bits per heavy atom. The number of aromatic nitrogens is 1. The lowest BCUT2D eigenvalue weighted by molar-refractivity contribution is 0.471. The summed E-state index contributed by atoms with van der Waals surface area (Å²) < 4.78 is 5.60. The normalized spacial score (nSPS) is 13.1. The molecule has 2 rings (SSSR count). The van der Waals surface area contributed by atoms with Gasteiger partial charge in [-0.1, -0.05) is 44.2 Å². The predicted molar refractivity (Wildman–Crippen MR) is 103 cm³/mol. The van der Waals surface area contributed by atoms with E-state index in [2.05, 4.69) is 71.7 Å². The fourth-order valence-electron chi connectivity index (χ4n) is 2.74. The van der Waals surface area contributed by atoms with Crippen LogP contribution >= 0.6 is 0 Å². The Labute approximate surface area is 151 Å². The topological polar surface area (TPSA) is 62.5 Å². The third-order valence-corrected chi connectivity index (χ3v) is 4.31. The standard InChI is InChI=1S/C20H30N4O/c1-6-21-20(23-13-19-24-15(4)16(5)25-19)22-12-18(14(2)3)17-10-8-7-9-11-17/h7-11,14,18H,6,12-13H2,1-5H3,(H2,21,22,23). The van der Waals surface area contributed by atoms with Crippen molar-refractivity contribution >= 4 is 5.96 Å². The molecular formula is C20H30N4O. The van der Waals surface area contributed by atoms with E-state index in [1.165, 1.54) is 5.56 Å². The maximum Gasteiger partial charge on any atom is 0.216 e. The molecule has 0 radical (unpaired) electrons. The van der Waals surface area contributed by atoms with E-state index in [-0.39, 0.29) is 0 Å². The summed E-state index contributed by atoms with van der Waals surface area (Å²) in [5.74, 6) is 3.26. The molecule has 1 aromatic carbocycles. The van der Waals surface area contributed by atoms with Crippen molar-refractivity contribution in [1.82, 2.24) is 15.6 Å². The van der Waals surface area contributed by atoms with E-state index < -0.39 is 0 Å². The Bertz CT molecular complexity index is 657. The molecule has 5 nitrogen and oxygen atoms in total. The van der Waals surface area contributed by atoms with Crippen LogP contribution in [-0.4, -0.2) is 24.0 Å². The molecular weight excluding hydrogens is 312 g/mol. The lowest BCUT2D eigenvalue weighted by Crippen LogP contribution is -2.40. The van der Waals surface area contributed by atoms with Crippen molar-refractivity contribution in [2.45, 2.75) is 47.1 Å². The smallest absolute Gasteiger partial charge is 0.216 e. The quantitative estimate of drug-likeness (QED) is 0.594. The van der Waals surface area contributed by atoms with Crippen LogP contribution in [0.25, 0.3) is 0 Å². The Hall–Kier alpha value is -2.30. The van der Waals surface area contributed by atoms with Gasteiger partial charge in [-0.25, -0.2) is 9.98 Å². The molecule has 0 aliphatic heterocycles. The molecule has 136 valence electrons. The minimum Gasteiger partial charge on any atom is -0.444 e. The van der Waals surface area contributed by atoms with Gasteiger partial charge >= 0.3 is 0 Å². The average molecular weight is 342 g/mol. The Balaban J connectivity index is 2.03. The highest BCUT2D eigenvalue weighted by Gasteiger charge is 2.16. The van der Waals surface area contributed by atoms with Crippen molar-refractivity contribution in [3.05, 3.63) is 53.2 Å². The summed E-state index contributed by atoms with van der Waals surface area (Å²) in [4.78, 5) is 8.99. The van der Waals surface area contributed by atoms with E-state index in [1.54, 1.807) is 0 Å². The molecule has 0 saturated carbocycles. The number of hydrogen-bond donors (Lipinski definition) is 2. The Morgan fingerprint density at radius 1 is 1.16 bits per heavy atom. The summed E-state index contributed by atoms with van der Waals surface area (Å²) >= 11 is 0. The van der Waals surface area contributed by atoms with Gasteiger partial charge in [-0.2, -0.15) is 0 Å². The van der Waals surface area contributed by atoms with E-state index in [4.69, 9.17) is 4.42 Å². The van der Waals surface area contributed by atoms with Gasteiger partial charge in [0.2, 0.25) is 5.89 Å². The zero-order chi connectivity index (χ0) is 18.2. The van der Waals surface area contributed by atoms with Crippen molar-refractivity contribution in [1.29, 1.82) is 0 Å². The van der Waals surface area contributed by atoms with Gasteiger partial charge in [0, 0.05) is 19.0 Å². The number of aliphatic imine (C=N–C) groups is 1. The van der Waals surface area contributed by atoms with Crippen molar-refractivity contribution in [3.63, 3.8) is 0 Å². The molecule has 1 heterocycles. The SMILES string of the molecule is CCNC(=NCc1nc(C)c(C)o1)NCC(c1ccccc1)C(C)C. The van der Waals surface area contributed by atoms with Crippen LogP contribution in [0.1, 0.15) is 49.6 Å². The van der Waals surface area contributed by atoms with E-state index >= 15 is 0 Å². The highest BCUT2D eigenvalue weighted by atomic mass is 16.4. The van der Waals surface area contributed by atoms with Crippen molar-refractivity contribution in [2.75, 3.05) is 13.1 Å². The molecule has 0 aliphatic carbocycles. The molecule has 0 saturated heterocycles. The number of nitrogens with one attached hydrogen (secondary N) is 2. The van der Waals surface area contributed by atoms with Gasteiger partial charge in [-0.05, 0) is 32.3 Å². The second-order valence-electron chi connectivity index (χ2n) is 6.59. The molecule has 1 aromatic heterocycles. The largest absolute Gasteiger partial charge is 0.444 e. The third-order valence-electron chi connectivity index (χ3n) is 4.31. The maximum atomic E-state index is 5.60. The van der Waals surface area contributed by atoms with E-state index in [0.717, 1.165) is 30.5 Å². The average Bonchev–Trinajstić information content (AvgIpc) is 2.91. The van der Waals surface area contributed by atoms with Crippen LogP contribution in [0.4, 0.5) is 0 Å². The van der Waals surface area contributed by atoms with Crippen molar-refractivity contribution in [3.8, 4) is 0 Å². The number of benzene rings is 1. The maximum absolute atomic E-state index is 5.60. The molecule has 1 unspecified atom stereocenters. The molecule has 2 aromatic rings. The van der Waals surface area contributed by atoms with Gasteiger partial charge in [0.15, 0.2) is 5.96 Å².